The van der Waals surface area contributed by atoms with Crippen molar-refractivity contribution in [2.24, 2.45) is 0 Å². The third-order valence-corrected chi connectivity index (χ3v) is 4.98. The van der Waals surface area contributed by atoms with Crippen LogP contribution in [-0.2, 0) is 24.3 Å². The Morgan fingerprint density at radius 3 is 2.58 bits per heavy atom. The summed E-state index contributed by atoms with van der Waals surface area (Å²) in [4.78, 5) is 18.9. The van der Waals surface area contributed by atoms with Crippen LogP contribution in [0.2, 0.25) is 0 Å². The third-order valence-electron chi connectivity index (χ3n) is 4.08. The topological polar surface area (TPSA) is 45.2 Å². The molecular formula is C19H27N3OS. The number of aromatic nitrogens is 1. The Bertz CT molecular complexity index is 632. The summed E-state index contributed by atoms with van der Waals surface area (Å²) in [6.07, 6.45) is 1.29. The highest BCUT2D eigenvalue weighted by molar-refractivity contribution is 7.09. The summed E-state index contributed by atoms with van der Waals surface area (Å²) >= 11 is 1.62. The molecule has 5 heteroatoms. The molecule has 1 N–H and O–H groups in total. The molecule has 0 aliphatic rings. The van der Waals surface area contributed by atoms with Crippen molar-refractivity contribution in [3.63, 3.8) is 0 Å². The van der Waals surface area contributed by atoms with Crippen molar-refractivity contribution in [2.75, 3.05) is 13.1 Å². The smallest absolute Gasteiger partial charge is 0.220 e. The number of nitrogens with zero attached hydrogens (tertiary/aromatic N) is 2. The van der Waals surface area contributed by atoms with E-state index in [9.17, 15) is 4.79 Å². The molecule has 4 nitrogen and oxygen atoms in total. The van der Waals surface area contributed by atoms with Crippen molar-refractivity contribution < 1.29 is 4.79 Å². The molecule has 0 aliphatic carbocycles. The fourth-order valence-electron chi connectivity index (χ4n) is 2.45. The SMILES string of the molecule is CCN(CC)Cc1csc(CNC(=O)CCc2ccc(C)cc2)n1. The highest BCUT2D eigenvalue weighted by Gasteiger charge is 2.08. The highest BCUT2D eigenvalue weighted by atomic mass is 32.1. The second-order valence-electron chi connectivity index (χ2n) is 5.96. The zero-order chi connectivity index (χ0) is 17.4. The van der Waals surface area contributed by atoms with Gasteiger partial charge in [0.05, 0.1) is 12.2 Å². The zero-order valence-electron chi connectivity index (χ0n) is 14.8. The summed E-state index contributed by atoms with van der Waals surface area (Å²) in [5, 5.41) is 6.03. The Labute approximate surface area is 148 Å². The maximum absolute atomic E-state index is 12.0. The van der Waals surface area contributed by atoms with Gasteiger partial charge in [-0.05, 0) is 32.0 Å². The quantitative estimate of drug-likeness (QED) is 0.756. The molecule has 0 unspecified atom stereocenters. The largest absolute Gasteiger partial charge is 0.350 e. The van der Waals surface area contributed by atoms with Crippen molar-refractivity contribution in [2.45, 2.75) is 46.7 Å². The van der Waals surface area contributed by atoms with Crippen LogP contribution >= 0.6 is 11.3 Å². The lowest BCUT2D eigenvalue weighted by Gasteiger charge is -2.15. The van der Waals surface area contributed by atoms with E-state index in [0.29, 0.717) is 13.0 Å². The number of amides is 1. The van der Waals surface area contributed by atoms with Gasteiger partial charge >= 0.3 is 0 Å². The van der Waals surface area contributed by atoms with Gasteiger partial charge in [-0.15, -0.1) is 11.3 Å². The Morgan fingerprint density at radius 1 is 1.21 bits per heavy atom. The van der Waals surface area contributed by atoms with Crippen LogP contribution in [-0.4, -0.2) is 28.9 Å². The van der Waals surface area contributed by atoms with Gasteiger partial charge in [-0.3, -0.25) is 9.69 Å². The van der Waals surface area contributed by atoms with Gasteiger partial charge in [-0.2, -0.15) is 0 Å². The van der Waals surface area contributed by atoms with E-state index in [0.717, 1.165) is 36.8 Å². The van der Waals surface area contributed by atoms with E-state index >= 15 is 0 Å². The molecule has 0 spiro atoms. The maximum Gasteiger partial charge on any atom is 0.220 e. The molecule has 130 valence electrons. The van der Waals surface area contributed by atoms with Crippen LogP contribution in [0.3, 0.4) is 0 Å². The number of benzene rings is 1. The van der Waals surface area contributed by atoms with Crippen LogP contribution in [0.1, 0.15) is 42.1 Å². The van der Waals surface area contributed by atoms with E-state index in [4.69, 9.17) is 0 Å². The summed E-state index contributed by atoms with van der Waals surface area (Å²) in [5.74, 6) is 0.0797. The normalized spacial score (nSPS) is 11.0. The number of hydrogen-bond donors (Lipinski definition) is 1. The first kappa shape index (κ1) is 18.6. The fourth-order valence-corrected chi connectivity index (χ4v) is 3.18. The standard InChI is InChI=1S/C19H27N3OS/c1-4-22(5-2)13-17-14-24-19(21-17)12-20-18(23)11-10-16-8-6-15(3)7-9-16/h6-9,14H,4-5,10-13H2,1-3H3,(H,20,23). The van der Waals surface area contributed by atoms with Gasteiger partial charge < -0.3 is 5.32 Å². The summed E-state index contributed by atoms with van der Waals surface area (Å²) in [7, 11) is 0. The average Bonchev–Trinajstić information content (AvgIpc) is 3.05. The van der Waals surface area contributed by atoms with Crippen LogP contribution in [0.4, 0.5) is 0 Å². The Balaban J connectivity index is 1.73. The van der Waals surface area contributed by atoms with Crippen LogP contribution in [0.15, 0.2) is 29.6 Å². The third kappa shape index (κ3) is 6.06. The summed E-state index contributed by atoms with van der Waals surface area (Å²) < 4.78 is 0. The minimum Gasteiger partial charge on any atom is -0.350 e. The second kappa shape index (κ2) is 9.55. The second-order valence-corrected chi connectivity index (χ2v) is 6.90. The fraction of sp³-hybridized carbons (Fsp3) is 0.474. The van der Waals surface area contributed by atoms with Crippen LogP contribution in [0, 0.1) is 6.92 Å². The molecule has 1 heterocycles. The first-order valence-electron chi connectivity index (χ1n) is 8.58. The highest BCUT2D eigenvalue weighted by Crippen LogP contribution is 2.12. The monoisotopic (exact) mass is 345 g/mol. The van der Waals surface area contributed by atoms with Gasteiger partial charge in [-0.1, -0.05) is 43.7 Å². The van der Waals surface area contributed by atoms with Crippen molar-refractivity contribution in [1.82, 2.24) is 15.2 Å². The van der Waals surface area contributed by atoms with Crippen LogP contribution < -0.4 is 5.32 Å². The molecule has 1 aromatic carbocycles. The van der Waals surface area contributed by atoms with Crippen molar-refractivity contribution >= 4 is 17.2 Å². The van der Waals surface area contributed by atoms with E-state index in [1.54, 1.807) is 11.3 Å². The molecule has 0 radical (unpaired) electrons. The molecule has 0 aliphatic heterocycles. The Morgan fingerprint density at radius 2 is 1.92 bits per heavy atom. The van der Waals surface area contributed by atoms with Gasteiger partial charge in [0.2, 0.25) is 5.91 Å². The number of rotatable bonds is 9. The molecule has 0 atom stereocenters. The molecule has 0 saturated heterocycles. The zero-order valence-corrected chi connectivity index (χ0v) is 15.7. The van der Waals surface area contributed by atoms with Gasteiger partial charge in [-0.25, -0.2) is 4.98 Å². The Hall–Kier alpha value is -1.72. The van der Waals surface area contributed by atoms with E-state index in [2.05, 4.69) is 65.6 Å². The minimum absolute atomic E-state index is 0.0797. The van der Waals surface area contributed by atoms with Gasteiger partial charge in [0.15, 0.2) is 0 Å². The summed E-state index contributed by atoms with van der Waals surface area (Å²) in [5.41, 5.74) is 3.53. The number of hydrogen-bond acceptors (Lipinski definition) is 4. The molecular weight excluding hydrogens is 318 g/mol. The first-order chi connectivity index (χ1) is 11.6. The maximum atomic E-state index is 12.0. The van der Waals surface area contributed by atoms with Crippen molar-refractivity contribution in [1.29, 1.82) is 0 Å². The van der Waals surface area contributed by atoms with E-state index in [-0.39, 0.29) is 5.91 Å². The number of carbonyl (C=O) groups is 1. The lowest BCUT2D eigenvalue weighted by Crippen LogP contribution is -2.23. The number of thiazole rings is 1. The van der Waals surface area contributed by atoms with Crippen molar-refractivity contribution in [3.05, 3.63) is 51.5 Å². The van der Waals surface area contributed by atoms with Gasteiger partial charge in [0, 0.05) is 18.3 Å². The molecule has 0 fully saturated rings. The predicted octanol–water partition coefficient (Wildman–Crippen LogP) is 3.54. The summed E-state index contributed by atoms with van der Waals surface area (Å²) in [6.45, 7) is 9.84. The molecule has 0 saturated carbocycles. The Kier molecular flexibility index (Phi) is 7.40. The van der Waals surface area contributed by atoms with Crippen LogP contribution in [0.5, 0.6) is 0 Å². The number of nitrogens with one attached hydrogen (secondary N) is 1. The lowest BCUT2D eigenvalue weighted by atomic mass is 10.1. The number of aryl methyl sites for hydroxylation is 2. The van der Waals surface area contributed by atoms with Gasteiger partial charge in [0.1, 0.15) is 5.01 Å². The molecule has 2 rings (SSSR count). The summed E-state index contributed by atoms with van der Waals surface area (Å²) in [6, 6.07) is 8.34. The van der Waals surface area contributed by atoms with E-state index in [1.165, 1.54) is 11.1 Å². The lowest BCUT2D eigenvalue weighted by molar-refractivity contribution is -0.121. The first-order valence-corrected chi connectivity index (χ1v) is 9.46. The molecule has 24 heavy (non-hydrogen) atoms. The van der Waals surface area contributed by atoms with Crippen molar-refractivity contribution in [3.8, 4) is 0 Å². The number of carbonyl (C=O) groups excluding carboxylic acids is 1. The molecule has 0 bridgehead atoms. The predicted molar refractivity (Wildman–Crippen MR) is 100 cm³/mol. The molecule has 1 aromatic heterocycles. The van der Waals surface area contributed by atoms with Crippen LogP contribution in [0.25, 0.3) is 0 Å². The van der Waals surface area contributed by atoms with Gasteiger partial charge in [0.25, 0.3) is 0 Å². The average molecular weight is 346 g/mol. The minimum atomic E-state index is 0.0797. The molecule has 1 amide bonds. The van der Waals surface area contributed by atoms with E-state index in [1.807, 2.05) is 0 Å². The van der Waals surface area contributed by atoms with E-state index < -0.39 is 0 Å². The molecule has 2 aromatic rings.